The Balaban J connectivity index is 1.77. The first kappa shape index (κ1) is 12.9. The molecule has 1 unspecified atom stereocenters. The minimum absolute atomic E-state index is 0.474. The van der Waals surface area contributed by atoms with Gasteiger partial charge in [-0.15, -0.1) is 11.3 Å². The Kier molecular flexibility index (Phi) is 3.69. The van der Waals surface area contributed by atoms with Gasteiger partial charge in [-0.3, -0.25) is 0 Å². The van der Waals surface area contributed by atoms with E-state index >= 15 is 0 Å². The van der Waals surface area contributed by atoms with Crippen LogP contribution < -0.4 is 10.6 Å². The number of thiophene rings is 1. The number of halogens is 2. The van der Waals surface area contributed by atoms with Gasteiger partial charge in [-0.2, -0.15) is 0 Å². The third-order valence-corrected chi connectivity index (χ3v) is 6.47. The summed E-state index contributed by atoms with van der Waals surface area (Å²) in [6.45, 7) is 2.11. The summed E-state index contributed by atoms with van der Waals surface area (Å²) in [6.07, 6.45) is 5.10. The second kappa shape index (κ2) is 5.13. The van der Waals surface area contributed by atoms with Gasteiger partial charge in [0.25, 0.3) is 0 Å². The third-order valence-electron chi connectivity index (χ3n) is 3.64. The van der Waals surface area contributed by atoms with E-state index in [4.69, 9.17) is 4.99 Å². The number of guanidine groups is 1. The fraction of sp³-hybridized carbons (Fsp3) is 0.583. The third kappa shape index (κ3) is 2.34. The molecule has 2 N–H and O–H groups in total. The summed E-state index contributed by atoms with van der Waals surface area (Å²) in [6, 6.07) is 1.02. The van der Waals surface area contributed by atoms with Gasteiger partial charge in [0.2, 0.25) is 0 Å². The molecule has 0 aromatic carbocycles. The van der Waals surface area contributed by atoms with Gasteiger partial charge in [0.1, 0.15) is 0 Å². The maximum absolute atomic E-state index is 4.76. The van der Waals surface area contributed by atoms with Gasteiger partial charge < -0.3 is 10.6 Å². The van der Waals surface area contributed by atoms with Gasteiger partial charge in [-0.05, 0) is 57.2 Å². The van der Waals surface area contributed by atoms with Crippen LogP contribution >= 0.6 is 43.2 Å². The molecule has 0 amide bonds. The number of nitrogens with zero attached hydrogens (tertiary/aromatic N) is 1. The topological polar surface area (TPSA) is 36.4 Å². The van der Waals surface area contributed by atoms with E-state index in [9.17, 15) is 0 Å². The number of fused-ring (bicyclic) bond motifs is 1. The van der Waals surface area contributed by atoms with Crippen LogP contribution in [0.4, 0.5) is 5.69 Å². The minimum Gasteiger partial charge on any atom is -0.351 e. The number of nitrogens with one attached hydrogen (secondary N) is 2. The summed E-state index contributed by atoms with van der Waals surface area (Å²) < 4.78 is 2.28. The van der Waals surface area contributed by atoms with E-state index in [1.54, 1.807) is 11.3 Å². The molecule has 2 heterocycles. The Morgan fingerprint density at radius 3 is 2.72 bits per heavy atom. The Bertz CT molecular complexity index is 498. The standard InChI is InChI=1S/C12H15Br2N3S/c1-6-9(11(14)18-10(6)13)17-12-15-7-4-2-3-5-8(7)16-12/h7-8H,2-5H2,1H3,(H2,15,16,17)/t7-,8?/m1/s1. The van der Waals surface area contributed by atoms with E-state index in [0.717, 1.165) is 19.2 Å². The van der Waals surface area contributed by atoms with Crippen LogP contribution in [0.25, 0.3) is 0 Å². The minimum atomic E-state index is 0.474. The zero-order valence-electron chi connectivity index (χ0n) is 10.1. The Labute approximate surface area is 128 Å². The lowest BCUT2D eigenvalue weighted by molar-refractivity contribution is 0.384. The van der Waals surface area contributed by atoms with Crippen molar-refractivity contribution in [1.82, 2.24) is 5.32 Å². The van der Waals surface area contributed by atoms with Gasteiger partial charge in [-0.25, -0.2) is 4.99 Å². The summed E-state index contributed by atoms with van der Waals surface area (Å²) >= 11 is 8.85. The summed E-state index contributed by atoms with van der Waals surface area (Å²) in [5.74, 6) is 0.931. The van der Waals surface area contributed by atoms with Crippen LogP contribution in [0.15, 0.2) is 12.6 Å². The lowest BCUT2D eigenvalue weighted by Crippen LogP contribution is -2.38. The van der Waals surface area contributed by atoms with Crippen LogP contribution in [0.2, 0.25) is 0 Å². The summed E-state index contributed by atoms with van der Waals surface area (Å²) in [5, 5.41) is 6.94. The molecule has 0 saturated heterocycles. The van der Waals surface area contributed by atoms with Crippen LogP contribution in [0, 0.1) is 6.92 Å². The molecule has 1 saturated carbocycles. The molecule has 0 spiro atoms. The van der Waals surface area contributed by atoms with Crippen molar-refractivity contribution < 1.29 is 0 Å². The SMILES string of the molecule is Cc1c(Br)sc(Br)c1NC1=NC2CCCC[C@H]2N1. The van der Waals surface area contributed by atoms with E-state index in [2.05, 4.69) is 49.4 Å². The molecular weight excluding hydrogens is 378 g/mol. The van der Waals surface area contributed by atoms with Crippen LogP contribution in [-0.2, 0) is 0 Å². The molecule has 1 aromatic rings. The first-order valence-electron chi connectivity index (χ1n) is 6.21. The lowest BCUT2D eigenvalue weighted by Gasteiger charge is -2.23. The van der Waals surface area contributed by atoms with E-state index < -0.39 is 0 Å². The Morgan fingerprint density at radius 1 is 1.28 bits per heavy atom. The first-order chi connectivity index (χ1) is 8.65. The van der Waals surface area contributed by atoms with Gasteiger partial charge >= 0.3 is 0 Å². The van der Waals surface area contributed by atoms with Crippen molar-refractivity contribution in [3.05, 3.63) is 13.1 Å². The maximum atomic E-state index is 4.76. The van der Waals surface area contributed by atoms with E-state index in [1.807, 2.05) is 0 Å². The van der Waals surface area contributed by atoms with Crippen molar-refractivity contribution in [3.8, 4) is 0 Å². The van der Waals surface area contributed by atoms with Crippen LogP contribution in [0.3, 0.4) is 0 Å². The average Bonchev–Trinajstić information content (AvgIpc) is 2.86. The second-order valence-electron chi connectivity index (χ2n) is 4.85. The number of anilines is 1. The molecule has 1 aliphatic heterocycles. The van der Waals surface area contributed by atoms with E-state index in [-0.39, 0.29) is 0 Å². The highest BCUT2D eigenvalue weighted by Gasteiger charge is 2.31. The molecule has 2 atom stereocenters. The molecule has 0 radical (unpaired) electrons. The van der Waals surface area contributed by atoms with Crippen LogP contribution in [-0.4, -0.2) is 18.0 Å². The lowest BCUT2D eigenvalue weighted by atomic mass is 9.92. The van der Waals surface area contributed by atoms with E-state index in [0.29, 0.717) is 12.1 Å². The van der Waals surface area contributed by atoms with Crippen LogP contribution in [0.5, 0.6) is 0 Å². The number of aliphatic imine (C=N–C) groups is 1. The van der Waals surface area contributed by atoms with Crippen molar-refractivity contribution in [2.45, 2.75) is 44.7 Å². The molecule has 1 aliphatic carbocycles. The Morgan fingerprint density at radius 2 is 2.06 bits per heavy atom. The monoisotopic (exact) mass is 391 g/mol. The van der Waals surface area contributed by atoms with Crippen LogP contribution in [0.1, 0.15) is 31.2 Å². The highest BCUT2D eigenvalue weighted by atomic mass is 79.9. The fourth-order valence-corrected chi connectivity index (χ4v) is 5.53. The molecule has 0 bridgehead atoms. The smallest absolute Gasteiger partial charge is 0.196 e. The van der Waals surface area contributed by atoms with Gasteiger partial charge in [0, 0.05) is 0 Å². The highest BCUT2D eigenvalue weighted by molar-refractivity contribution is 9.12. The zero-order valence-corrected chi connectivity index (χ0v) is 14.1. The van der Waals surface area contributed by atoms with Crippen molar-refractivity contribution in [1.29, 1.82) is 0 Å². The molecule has 3 rings (SSSR count). The molecule has 2 aliphatic rings. The molecule has 1 aromatic heterocycles. The quantitative estimate of drug-likeness (QED) is 0.748. The van der Waals surface area contributed by atoms with Crippen molar-refractivity contribution in [2.24, 2.45) is 4.99 Å². The molecule has 3 nitrogen and oxygen atoms in total. The normalized spacial score (nSPS) is 26.5. The molecular formula is C12H15Br2N3S. The predicted molar refractivity (Wildman–Crippen MR) is 84.7 cm³/mol. The predicted octanol–water partition coefficient (Wildman–Crippen LogP) is 4.26. The van der Waals surface area contributed by atoms with Gasteiger partial charge in [0.05, 0.1) is 25.3 Å². The van der Waals surface area contributed by atoms with Crippen molar-refractivity contribution in [2.75, 3.05) is 5.32 Å². The second-order valence-corrected chi connectivity index (χ2v) is 8.51. The zero-order chi connectivity index (χ0) is 12.7. The molecule has 6 heteroatoms. The summed E-state index contributed by atoms with van der Waals surface area (Å²) in [5.41, 5.74) is 2.35. The summed E-state index contributed by atoms with van der Waals surface area (Å²) in [7, 11) is 0. The average molecular weight is 393 g/mol. The molecule has 98 valence electrons. The highest BCUT2D eigenvalue weighted by Crippen LogP contribution is 2.40. The van der Waals surface area contributed by atoms with Crippen molar-refractivity contribution in [3.63, 3.8) is 0 Å². The van der Waals surface area contributed by atoms with Gasteiger partial charge in [0.15, 0.2) is 5.96 Å². The first-order valence-corrected chi connectivity index (χ1v) is 8.61. The maximum Gasteiger partial charge on any atom is 0.196 e. The van der Waals surface area contributed by atoms with Gasteiger partial charge in [-0.1, -0.05) is 12.8 Å². The number of hydrogen-bond acceptors (Lipinski definition) is 4. The summed E-state index contributed by atoms with van der Waals surface area (Å²) in [4.78, 5) is 4.76. The van der Waals surface area contributed by atoms with E-state index in [1.165, 1.54) is 31.2 Å². The molecule has 1 fully saturated rings. The Hall–Kier alpha value is -0.0700. The number of hydrogen-bond donors (Lipinski definition) is 2. The fourth-order valence-electron chi connectivity index (χ4n) is 2.59. The molecule has 18 heavy (non-hydrogen) atoms. The number of rotatable bonds is 1. The van der Waals surface area contributed by atoms with Crippen molar-refractivity contribution >= 4 is 54.8 Å². The largest absolute Gasteiger partial charge is 0.351 e.